The predicted molar refractivity (Wildman–Crippen MR) is 103 cm³/mol. The van der Waals surface area contributed by atoms with Gasteiger partial charge in [0.1, 0.15) is 0 Å². The van der Waals surface area contributed by atoms with Crippen molar-refractivity contribution >= 4 is 17.7 Å². The van der Waals surface area contributed by atoms with Gasteiger partial charge in [-0.1, -0.05) is 30.3 Å². The van der Waals surface area contributed by atoms with E-state index in [0.717, 1.165) is 18.4 Å². The smallest absolute Gasteiger partial charge is 0.261 e. The van der Waals surface area contributed by atoms with Crippen LogP contribution in [0.15, 0.2) is 48.5 Å². The van der Waals surface area contributed by atoms with Gasteiger partial charge in [0.05, 0.1) is 29.8 Å². The summed E-state index contributed by atoms with van der Waals surface area (Å²) in [4.78, 5) is 39.2. The SMILES string of the molecule is C[C@@H](NC(=O)c1ccc2c(c1)C(=O)N(C[C@@H]1CCCO1)C2=O)c1ccccc1. The molecule has 28 heavy (non-hydrogen) atoms. The Labute approximate surface area is 163 Å². The lowest BCUT2D eigenvalue weighted by atomic mass is 10.0. The van der Waals surface area contributed by atoms with Crippen LogP contribution in [0.5, 0.6) is 0 Å². The van der Waals surface area contributed by atoms with E-state index in [0.29, 0.717) is 17.7 Å². The van der Waals surface area contributed by atoms with E-state index in [4.69, 9.17) is 4.74 Å². The van der Waals surface area contributed by atoms with E-state index in [1.165, 1.54) is 11.0 Å². The zero-order chi connectivity index (χ0) is 19.7. The second kappa shape index (κ2) is 7.56. The van der Waals surface area contributed by atoms with E-state index >= 15 is 0 Å². The largest absolute Gasteiger partial charge is 0.376 e. The van der Waals surface area contributed by atoms with Crippen LogP contribution in [0.25, 0.3) is 0 Å². The van der Waals surface area contributed by atoms with E-state index in [9.17, 15) is 14.4 Å². The maximum absolute atomic E-state index is 12.7. The molecular weight excluding hydrogens is 356 g/mol. The molecule has 6 heteroatoms. The number of imide groups is 1. The lowest BCUT2D eigenvalue weighted by molar-refractivity contribution is 0.0475. The number of hydrogen-bond donors (Lipinski definition) is 1. The van der Waals surface area contributed by atoms with Gasteiger partial charge in [-0.25, -0.2) is 0 Å². The van der Waals surface area contributed by atoms with E-state index in [1.807, 2.05) is 37.3 Å². The molecule has 0 saturated carbocycles. The van der Waals surface area contributed by atoms with E-state index < -0.39 is 0 Å². The van der Waals surface area contributed by atoms with E-state index in [1.54, 1.807) is 12.1 Å². The van der Waals surface area contributed by atoms with Crippen molar-refractivity contribution in [1.29, 1.82) is 0 Å². The molecule has 0 spiro atoms. The second-order valence-electron chi connectivity index (χ2n) is 7.22. The van der Waals surface area contributed by atoms with Crippen LogP contribution in [0.3, 0.4) is 0 Å². The maximum atomic E-state index is 12.7. The molecule has 6 nitrogen and oxygen atoms in total. The number of carbonyl (C=O) groups is 3. The van der Waals surface area contributed by atoms with Gasteiger partial charge in [-0.2, -0.15) is 0 Å². The summed E-state index contributed by atoms with van der Waals surface area (Å²) in [5.74, 6) is -0.960. The lowest BCUT2D eigenvalue weighted by Crippen LogP contribution is -2.36. The van der Waals surface area contributed by atoms with Crippen LogP contribution in [0.2, 0.25) is 0 Å². The number of benzene rings is 2. The van der Waals surface area contributed by atoms with Crippen LogP contribution < -0.4 is 5.32 Å². The van der Waals surface area contributed by atoms with Crippen molar-refractivity contribution in [3.8, 4) is 0 Å². The van der Waals surface area contributed by atoms with Gasteiger partial charge < -0.3 is 10.1 Å². The Morgan fingerprint density at radius 3 is 2.61 bits per heavy atom. The molecule has 144 valence electrons. The summed E-state index contributed by atoms with van der Waals surface area (Å²) in [5, 5.41) is 2.93. The van der Waals surface area contributed by atoms with Gasteiger partial charge in [0.2, 0.25) is 0 Å². The highest BCUT2D eigenvalue weighted by Gasteiger charge is 2.38. The molecule has 1 N–H and O–H groups in total. The van der Waals surface area contributed by atoms with E-state index in [2.05, 4.69) is 5.32 Å². The normalized spacial score (nSPS) is 19.6. The number of nitrogens with one attached hydrogen (secondary N) is 1. The van der Waals surface area contributed by atoms with Gasteiger partial charge in [0, 0.05) is 12.2 Å². The molecule has 0 radical (unpaired) electrons. The van der Waals surface area contributed by atoms with Gasteiger partial charge in [-0.3, -0.25) is 19.3 Å². The summed E-state index contributed by atoms with van der Waals surface area (Å²) in [6.07, 6.45) is 1.69. The monoisotopic (exact) mass is 378 g/mol. The molecule has 2 aliphatic heterocycles. The van der Waals surface area contributed by atoms with Gasteiger partial charge in [0.25, 0.3) is 17.7 Å². The van der Waals surface area contributed by atoms with Crippen molar-refractivity contribution in [2.24, 2.45) is 0 Å². The molecule has 2 atom stereocenters. The third kappa shape index (κ3) is 3.43. The summed E-state index contributed by atoms with van der Waals surface area (Å²) in [6.45, 7) is 2.83. The molecular formula is C22H22N2O4. The average Bonchev–Trinajstić information content (AvgIpc) is 3.31. The second-order valence-corrected chi connectivity index (χ2v) is 7.22. The van der Waals surface area contributed by atoms with Crippen molar-refractivity contribution in [3.63, 3.8) is 0 Å². The van der Waals surface area contributed by atoms with Crippen LogP contribution in [0.4, 0.5) is 0 Å². The summed E-state index contributed by atoms with van der Waals surface area (Å²) in [7, 11) is 0. The van der Waals surface area contributed by atoms with Crippen LogP contribution in [0.1, 0.15) is 62.4 Å². The lowest BCUT2D eigenvalue weighted by Gasteiger charge is -2.17. The highest BCUT2D eigenvalue weighted by Crippen LogP contribution is 2.26. The molecule has 2 aromatic rings. The van der Waals surface area contributed by atoms with Crippen molar-refractivity contribution in [2.45, 2.75) is 31.9 Å². The molecule has 1 saturated heterocycles. The number of carbonyl (C=O) groups excluding carboxylic acids is 3. The first kappa shape index (κ1) is 18.4. The first-order valence-corrected chi connectivity index (χ1v) is 9.52. The first-order chi connectivity index (χ1) is 13.5. The van der Waals surface area contributed by atoms with Gasteiger partial charge in [-0.05, 0) is 43.5 Å². The van der Waals surface area contributed by atoms with Gasteiger partial charge in [0.15, 0.2) is 0 Å². The third-order valence-corrected chi connectivity index (χ3v) is 5.29. The Bertz CT molecular complexity index is 919. The predicted octanol–water partition coefficient (Wildman–Crippen LogP) is 2.95. The Hall–Kier alpha value is -2.99. The fourth-order valence-corrected chi connectivity index (χ4v) is 3.69. The van der Waals surface area contributed by atoms with Gasteiger partial charge in [-0.15, -0.1) is 0 Å². The minimum atomic E-state index is -0.360. The fourth-order valence-electron chi connectivity index (χ4n) is 3.69. The Morgan fingerprint density at radius 1 is 1.14 bits per heavy atom. The van der Waals surface area contributed by atoms with Gasteiger partial charge >= 0.3 is 0 Å². The average molecular weight is 378 g/mol. The van der Waals surface area contributed by atoms with Crippen LogP contribution in [0, 0.1) is 0 Å². The highest BCUT2D eigenvalue weighted by molar-refractivity contribution is 6.22. The maximum Gasteiger partial charge on any atom is 0.261 e. The van der Waals surface area contributed by atoms with Crippen LogP contribution in [-0.4, -0.2) is 41.9 Å². The summed E-state index contributed by atoms with van der Waals surface area (Å²) in [5.41, 5.74) is 1.98. The fraction of sp³-hybridized carbons (Fsp3) is 0.318. The molecule has 2 aromatic carbocycles. The molecule has 4 rings (SSSR count). The molecule has 0 aromatic heterocycles. The Morgan fingerprint density at radius 2 is 1.89 bits per heavy atom. The minimum absolute atomic E-state index is 0.100. The molecule has 0 unspecified atom stereocenters. The first-order valence-electron chi connectivity index (χ1n) is 9.52. The molecule has 3 amide bonds. The zero-order valence-electron chi connectivity index (χ0n) is 15.7. The summed E-state index contributed by atoms with van der Waals surface area (Å²) in [6, 6.07) is 14.1. The summed E-state index contributed by atoms with van der Waals surface area (Å²) >= 11 is 0. The number of ether oxygens (including phenoxy) is 1. The van der Waals surface area contributed by atoms with E-state index in [-0.39, 0.29) is 42.0 Å². The number of amides is 3. The Kier molecular flexibility index (Phi) is 4.96. The van der Waals surface area contributed by atoms with Crippen molar-refractivity contribution < 1.29 is 19.1 Å². The minimum Gasteiger partial charge on any atom is -0.376 e. The van der Waals surface area contributed by atoms with Crippen LogP contribution in [-0.2, 0) is 4.74 Å². The summed E-state index contributed by atoms with van der Waals surface area (Å²) < 4.78 is 5.55. The number of rotatable bonds is 5. The zero-order valence-corrected chi connectivity index (χ0v) is 15.7. The van der Waals surface area contributed by atoms with Crippen molar-refractivity contribution in [1.82, 2.24) is 10.2 Å². The number of fused-ring (bicyclic) bond motifs is 1. The quantitative estimate of drug-likeness (QED) is 0.812. The Balaban J connectivity index is 1.50. The van der Waals surface area contributed by atoms with Crippen molar-refractivity contribution in [3.05, 3.63) is 70.8 Å². The molecule has 0 aliphatic carbocycles. The highest BCUT2D eigenvalue weighted by atomic mass is 16.5. The standard InChI is InChI=1S/C22H22N2O4/c1-14(15-6-3-2-4-7-15)23-20(25)16-9-10-18-19(12-16)22(27)24(21(18)26)13-17-8-5-11-28-17/h2-4,6-7,9-10,12,14,17H,5,8,11,13H2,1H3,(H,23,25)/t14-,17+/m1/s1. The molecule has 2 heterocycles. The molecule has 1 fully saturated rings. The number of nitrogens with zero attached hydrogens (tertiary/aromatic N) is 1. The van der Waals surface area contributed by atoms with Crippen molar-refractivity contribution in [2.75, 3.05) is 13.2 Å². The molecule has 2 aliphatic rings. The molecule has 0 bridgehead atoms. The van der Waals surface area contributed by atoms with Crippen LogP contribution >= 0.6 is 0 Å². The third-order valence-electron chi connectivity index (χ3n) is 5.29. The topological polar surface area (TPSA) is 75.7 Å². The number of hydrogen-bond acceptors (Lipinski definition) is 4.